The first-order chi connectivity index (χ1) is 15.5. The summed E-state index contributed by atoms with van der Waals surface area (Å²) in [6.45, 7) is 1.89. The second-order valence-corrected chi connectivity index (χ2v) is 9.16. The molecule has 4 amide bonds. The minimum atomic E-state index is -1.11. The highest BCUT2D eigenvalue weighted by Gasteiger charge is 2.51. The normalized spacial score (nSPS) is 22.5. The summed E-state index contributed by atoms with van der Waals surface area (Å²) in [6, 6.07) is 18.9. The van der Waals surface area contributed by atoms with Crippen molar-refractivity contribution in [3.63, 3.8) is 0 Å². The van der Waals surface area contributed by atoms with E-state index < -0.39 is 11.6 Å². The van der Waals surface area contributed by atoms with Crippen LogP contribution in [-0.2, 0) is 22.4 Å². The van der Waals surface area contributed by atoms with Crippen molar-refractivity contribution in [3.8, 4) is 0 Å². The van der Waals surface area contributed by atoms with Crippen LogP contribution >= 0.6 is 0 Å². The average Bonchev–Trinajstić information content (AvgIpc) is 3.00. The molecule has 0 aromatic heterocycles. The summed E-state index contributed by atoms with van der Waals surface area (Å²) in [5, 5.41) is 5.99. The Morgan fingerprint density at radius 1 is 0.969 bits per heavy atom. The van der Waals surface area contributed by atoms with Gasteiger partial charge in [-0.3, -0.25) is 14.5 Å². The molecule has 2 N–H and O–H groups in total. The van der Waals surface area contributed by atoms with Gasteiger partial charge in [0.2, 0.25) is 5.91 Å². The van der Waals surface area contributed by atoms with Crippen LogP contribution < -0.4 is 10.6 Å². The summed E-state index contributed by atoms with van der Waals surface area (Å²) < 4.78 is 0. The Bertz CT molecular complexity index is 919. The molecule has 2 atom stereocenters. The number of carbonyl (C=O) groups is 3. The Morgan fingerprint density at radius 3 is 2.09 bits per heavy atom. The predicted molar refractivity (Wildman–Crippen MR) is 123 cm³/mol. The third-order valence-corrected chi connectivity index (χ3v) is 6.70. The van der Waals surface area contributed by atoms with Gasteiger partial charge in [0.15, 0.2) is 0 Å². The maximum absolute atomic E-state index is 13.6. The standard InChI is InChI=1S/C26H31N3O3/c1-19-10-8-9-15-22(19)27-23(30)18-29-24(31)26(28-25(29)32,16-20-11-4-2-5-12-20)17-21-13-6-3-7-14-21/h2-7,11-14,19,22H,8-10,15-18H2,1H3,(H,27,30)(H,28,32)/t19-,22+/m0/s1. The quantitative estimate of drug-likeness (QED) is 0.657. The lowest BCUT2D eigenvalue weighted by Crippen LogP contribution is -2.52. The van der Waals surface area contributed by atoms with E-state index >= 15 is 0 Å². The summed E-state index contributed by atoms with van der Waals surface area (Å²) in [4.78, 5) is 40.3. The minimum absolute atomic E-state index is 0.107. The zero-order valence-corrected chi connectivity index (χ0v) is 18.5. The van der Waals surface area contributed by atoms with Crippen molar-refractivity contribution in [2.45, 2.75) is 57.0 Å². The van der Waals surface area contributed by atoms with Gasteiger partial charge in [-0.2, -0.15) is 0 Å². The maximum atomic E-state index is 13.6. The van der Waals surface area contributed by atoms with E-state index in [4.69, 9.17) is 0 Å². The summed E-state index contributed by atoms with van der Waals surface area (Å²) in [5.74, 6) is -0.212. The molecule has 1 saturated heterocycles. The number of hydrogen-bond donors (Lipinski definition) is 2. The van der Waals surface area contributed by atoms with Crippen LogP contribution in [0.4, 0.5) is 4.79 Å². The monoisotopic (exact) mass is 433 g/mol. The number of imide groups is 1. The molecule has 0 spiro atoms. The largest absolute Gasteiger partial charge is 0.352 e. The van der Waals surface area contributed by atoms with Gasteiger partial charge in [0, 0.05) is 18.9 Å². The fourth-order valence-corrected chi connectivity index (χ4v) is 4.94. The van der Waals surface area contributed by atoms with Crippen LogP contribution in [0.5, 0.6) is 0 Å². The van der Waals surface area contributed by atoms with E-state index in [1.165, 1.54) is 6.42 Å². The molecule has 2 aromatic rings. The Hall–Kier alpha value is -3.15. The van der Waals surface area contributed by atoms with Crippen LogP contribution in [0.2, 0.25) is 0 Å². The molecule has 2 fully saturated rings. The van der Waals surface area contributed by atoms with E-state index in [1.54, 1.807) is 0 Å². The molecule has 1 heterocycles. The van der Waals surface area contributed by atoms with Gasteiger partial charge in [-0.15, -0.1) is 0 Å². The number of hydrogen-bond acceptors (Lipinski definition) is 3. The number of benzene rings is 2. The highest BCUT2D eigenvalue weighted by Crippen LogP contribution is 2.28. The van der Waals surface area contributed by atoms with Crippen molar-refractivity contribution < 1.29 is 14.4 Å². The van der Waals surface area contributed by atoms with Crippen LogP contribution in [0.15, 0.2) is 60.7 Å². The number of urea groups is 1. The molecule has 0 unspecified atom stereocenters. The molecule has 32 heavy (non-hydrogen) atoms. The first-order valence-corrected chi connectivity index (χ1v) is 11.5. The molecule has 6 heteroatoms. The SMILES string of the molecule is C[C@H]1CCCC[C@H]1NC(=O)CN1C(=O)NC(Cc2ccccc2)(Cc2ccccc2)C1=O. The third-order valence-electron chi connectivity index (χ3n) is 6.70. The number of carbonyl (C=O) groups excluding carboxylic acids is 3. The van der Waals surface area contributed by atoms with Crippen molar-refractivity contribution in [1.82, 2.24) is 15.5 Å². The molecule has 4 rings (SSSR count). The van der Waals surface area contributed by atoms with Crippen LogP contribution in [-0.4, -0.2) is 40.9 Å². The fraction of sp³-hybridized carbons (Fsp3) is 0.423. The molecule has 1 aliphatic heterocycles. The average molecular weight is 434 g/mol. The van der Waals surface area contributed by atoms with E-state index in [2.05, 4.69) is 17.6 Å². The number of nitrogens with zero attached hydrogens (tertiary/aromatic N) is 1. The van der Waals surface area contributed by atoms with Gasteiger partial charge in [-0.05, 0) is 29.9 Å². The lowest BCUT2D eigenvalue weighted by molar-refractivity contribution is -0.135. The lowest BCUT2D eigenvalue weighted by atomic mass is 9.84. The van der Waals surface area contributed by atoms with Gasteiger partial charge in [-0.25, -0.2) is 4.79 Å². The van der Waals surface area contributed by atoms with Gasteiger partial charge in [0.25, 0.3) is 5.91 Å². The summed E-state index contributed by atoms with van der Waals surface area (Å²) in [7, 11) is 0. The molecular formula is C26H31N3O3. The topological polar surface area (TPSA) is 78.5 Å². The molecule has 168 valence electrons. The van der Waals surface area contributed by atoms with Crippen molar-refractivity contribution in [2.24, 2.45) is 5.92 Å². The highest BCUT2D eigenvalue weighted by molar-refractivity contribution is 6.09. The van der Waals surface area contributed by atoms with E-state index in [1.807, 2.05) is 60.7 Å². The molecular weight excluding hydrogens is 402 g/mol. The number of amides is 4. The third kappa shape index (κ3) is 4.85. The summed E-state index contributed by atoms with van der Waals surface area (Å²) in [5.41, 5.74) is 0.803. The number of rotatable bonds is 7. The fourth-order valence-electron chi connectivity index (χ4n) is 4.94. The lowest BCUT2D eigenvalue weighted by Gasteiger charge is -2.30. The Balaban J connectivity index is 1.53. The molecule has 1 saturated carbocycles. The minimum Gasteiger partial charge on any atom is -0.352 e. The zero-order chi connectivity index (χ0) is 22.6. The second-order valence-electron chi connectivity index (χ2n) is 9.16. The molecule has 1 aliphatic carbocycles. The first-order valence-electron chi connectivity index (χ1n) is 11.5. The van der Waals surface area contributed by atoms with Crippen molar-refractivity contribution in [1.29, 1.82) is 0 Å². The molecule has 0 bridgehead atoms. The van der Waals surface area contributed by atoms with Gasteiger partial charge >= 0.3 is 6.03 Å². The van der Waals surface area contributed by atoms with Crippen LogP contribution in [0, 0.1) is 5.92 Å². The van der Waals surface area contributed by atoms with E-state index in [-0.39, 0.29) is 24.4 Å². The summed E-state index contributed by atoms with van der Waals surface area (Å²) in [6.07, 6.45) is 5.04. The Labute approximate surface area is 189 Å². The highest BCUT2D eigenvalue weighted by atomic mass is 16.2. The van der Waals surface area contributed by atoms with E-state index in [0.717, 1.165) is 35.3 Å². The van der Waals surface area contributed by atoms with Gasteiger partial charge in [-0.1, -0.05) is 80.4 Å². The Kier molecular flexibility index (Phi) is 6.58. The molecule has 2 aromatic carbocycles. The molecule has 6 nitrogen and oxygen atoms in total. The molecule has 0 radical (unpaired) electrons. The molecule has 2 aliphatic rings. The van der Waals surface area contributed by atoms with E-state index in [9.17, 15) is 14.4 Å². The van der Waals surface area contributed by atoms with Gasteiger partial charge < -0.3 is 10.6 Å². The zero-order valence-electron chi connectivity index (χ0n) is 18.5. The van der Waals surface area contributed by atoms with Crippen LogP contribution in [0.1, 0.15) is 43.7 Å². The van der Waals surface area contributed by atoms with Crippen LogP contribution in [0.3, 0.4) is 0 Å². The maximum Gasteiger partial charge on any atom is 0.325 e. The number of nitrogens with one attached hydrogen (secondary N) is 2. The predicted octanol–water partition coefficient (Wildman–Crippen LogP) is 3.46. The van der Waals surface area contributed by atoms with Crippen molar-refractivity contribution in [2.75, 3.05) is 6.54 Å². The van der Waals surface area contributed by atoms with E-state index in [0.29, 0.717) is 18.8 Å². The second kappa shape index (κ2) is 9.55. The van der Waals surface area contributed by atoms with Crippen molar-refractivity contribution >= 4 is 17.8 Å². The van der Waals surface area contributed by atoms with Gasteiger partial charge in [0.05, 0.1) is 0 Å². The summed E-state index contributed by atoms with van der Waals surface area (Å²) >= 11 is 0. The van der Waals surface area contributed by atoms with Gasteiger partial charge in [0.1, 0.15) is 12.1 Å². The van der Waals surface area contributed by atoms with Crippen molar-refractivity contribution in [3.05, 3.63) is 71.8 Å². The van der Waals surface area contributed by atoms with Crippen LogP contribution in [0.25, 0.3) is 0 Å². The first kappa shape index (κ1) is 22.1. The Morgan fingerprint density at radius 2 is 1.53 bits per heavy atom. The smallest absolute Gasteiger partial charge is 0.325 e.